The van der Waals surface area contributed by atoms with E-state index in [9.17, 15) is 10.1 Å². The van der Waals surface area contributed by atoms with E-state index < -0.39 is 4.92 Å². The van der Waals surface area contributed by atoms with Gasteiger partial charge in [-0.3, -0.25) is 10.1 Å². The number of nitro benzene ring substituents is 1. The van der Waals surface area contributed by atoms with Gasteiger partial charge in [0.1, 0.15) is 0 Å². The average molecular weight is 338 g/mol. The van der Waals surface area contributed by atoms with Crippen molar-refractivity contribution in [1.29, 1.82) is 0 Å². The number of halogens is 1. The smallest absolute Gasteiger partial charge is 0.271 e. The molecule has 3 N–H and O–H groups in total. The zero-order chi connectivity index (χ0) is 16.7. The first-order chi connectivity index (χ1) is 11.1. The second-order valence-electron chi connectivity index (χ2n) is 4.46. The molecule has 0 radical (unpaired) electrons. The van der Waals surface area contributed by atoms with E-state index in [4.69, 9.17) is 11.6 Å². The number of anilines is 3. The van der Waals surface area contributed by atoms with E-state index in [2.05, 4.69) is 30.9 Å². The van der Waals surface area contributed by atoms with Crippen molar-refractivity contribution in [3.8, 4) is 0 Å². The fraction of sp³-hybridized carbons (Fsp3) is 0.308. The molecule has 0 saturated carbocycles. The van der Waals surface area contributed by atoms with Crippen LogP contribution < -0.4 is 16.0 Å². The lowest BCUT2D eigenvalue weighted by Crippen LogP contribution is -2.22. The lowest BCUT2D eigenvalue weighted by Gasteiger charge is -2.08. The lowest BCUT2D eigenvalue weighted by molar-refractivity contribution is -0.384. The van der Waals surface area contributed by atoms with Crippen molar-refractivity contribution in [3.05, 3.63) is 39.7 Å². The monoisotopic (exact) mass is 337 g/mol. The van der Waals surface area contributed by atoms with Gasteiger partial charge < -0.3 is 16.0 Å². The number of hydrogen-bond acceptors (Lipinski definition) is 8. The van der Waals surface area contributed by atoms with E-state index in [0.717, 1.165) is 13.1 Å². The van der Waals surface area contributed by atoms with Crippen LogP contribution in [0.15, 0.2) is 24.3 Å². The summed E-state index contributed by atoms with van der Waals surface area (Å²) in [4.78, 5) is 22.4. The largest absolute Gasteiger partial charge is 0.353 e. The first kappa shape index (κ1) is 16.8. The highest BCUT2D eigenvalue weighted by Crippen LogP contribution is 2.20. The summed E-state index contributed by atoms with van der Waals surface area (Å²) < 4.78 is 0. The third-order valence-electron chi connectivity index (χ3n) is 2.76. The summed E-state index contributed by atoms with van der Waals surface area (Å²) in [5.74, 6) is 0.535. The maximum Gasteiger partial charge on any atom is 0.271 e. The van der Waals surface area contributed by atoms with Gasteiger partial charge in [-0.1, -0.05) is 13.0 Å². The third kappa shape index (κ3) is 5.31. The number of hydrogen-bond donors (Lipinski definition) is 3. The Kier molecular flexibility index (Phi) is 6.01. The van der Waals surface area contributed by atoms with Gasteiger partial charge >= 0.3 is 0 Å². The normalized spacial score (nSPS) is 10.3. The summed E-state index contributed by atoms with van der Waals surface area (Å²) in [6.45, 7) is 4.28. The van der Waals surface area contributed by atoms with Gasteiger partial charge in [0.2, 0.25) is 17.2 Å². The van der Waals surface area contributed by atoms with Crippen LogP contribution in [0.2, 0.25) is 5.28 Å². The maximum atomic E-state index is 10.8. The predicted molar refractivity (Wildman–Crippen MR) is 88.2 cm³/mol. The molecule has 1 heterocycles. The molecule has 0 fully saturated rings. The van der Waals surface area contributed by atoms with E-state index in [1.165, 1.54) is 12.1 Å². The minimum atomic E-state index is -0.473. The SMILES string of the molecule is CCNCCNc1nc(Cl)nc(Nc2cccc([N+](=O)[O-])c2)n1. The van der Waals surface area contributed by atoms with E-state index in [1.54, 1.807) is 12.1 Å². The minimum Gasteiger partial charge on any atom is -0.353 e. The van der Waals surface area contributed by atoms with E-state index in [1.807, 2.05) is 6.92 Å². The fourth-order valence-electron chi connectivity index (χ4n) is 1.75. The highest BCUT2D eigenvalue weighted by atomic mass is 35.5. The van der Waals surface area contributed by atoms with Crippen molar-refractivity contribution in [1.82, 2.24) is 20.3 Å². The Morgan fingerprint density at radius 3 is 2.74 bits per heavy atom. The fourth-order valence-corrected chi connectivity index (χ4v) is 1.91. The first-order valence-electron chi connectivity index (χ1n) is 6.96. The number of non-ortho nitro benzene ring substituents is 1. The first-order valence-corrected chi connectivity index (χ1v) is 7.34. The van der Waals surface area contributed by atoms with Gasteiger partial charge in [0, 0.05) is 30.9 Å². The van der Waals surface area contributed by atoms with Crippen LogP contribution in [0.25, 0.3) is 0 Å². The highest BCUT2D eigenvalue weighted by Gasteiger charge is 2.08. The Morgan fingerprint density at radius 2 is 2.00 bits per heavy atom. The number of likely N-dealkylation sites (N-methyl/N-ethyl adjacent to an activating group) is 1. The molecule has 0 atom stereocenters. The summed E-state index contributed by atoms with van der Waals surface area (Å²) in [7, 11) is 0. The average Bonchev–Trinajstić information content (AvgIpc) is 2.51. The number of aromatic nitrogens is 3. The van der Waals surface area contributed by atoms with E-state index in [0.29, 0.717) is 18.2 Å². The number of rotatable bonds is 8. The molecule has 9 nitrogen and oxygen atoms in total. The topological polar surface area (TPSA) is 118 Å². The molecule has 0 bridgehead atoms. The van der Waals surface area contributed by atoms with Crippen LogP contribution in [0, 0.1) is 10.1 Å². The molecule has 2 rings (SSSR count). The van der Waals surface area contributed by atoms with Crippen LogP contribution in [0.5, 0.6) is 0 Å². The van der Waals surface area contributed by atoms with Crippen LogP contribution in [0.1, 0.15) is 6.92 Å². The second-order valence-corrected chi connectivity index (χ2v) is 4.80. The number of nitro groups is 1. The highest BCUT2D eigenvalue weighted by molar-refractivity contribution is 6.28. The third-order valence-corrected chi connectivity index (χ3v) is 2.93. The Bertz CT molecular complexity index is 683. The Hall–Kier alpha value is -2.52. The van der Waals surface area contributed by atoms with Gasteiger partial charge in [-0.05, 0) is 24.2 Å². The summed E-state index contributed by atoms with van der Waals surface area (Å²) >= 11 is 5.87. The minimum absolute atomic E-state index is 0.0267. The Labute approximate surface area is 137 Å². The van der Waals surface area contributed by atoms with Gasteiger partial charge in [-0.25, -0.2) is 0 Å². The molecule has 0 unspecified atom stereocenters. The molecule has 122 valence electrons. The van der Waals surface area contributed by atoms with Gasteiger partial charge in [-0.2, -0.15) is 15.0 Å². The van der Waals surface area contributed by atoms with E-state index >= 15 is 0 Å². The molecular formula is C13H16ClN7O2. The number of benzene rings is 1. The molecule has 0 aliphatic rings. The van der Waals surface area contributed by atoms with Crippen molar-refractivity contribution in [2.24, 2.45) is 0 Å². The van der Waals surface area contributed by atoms with Crippen LogP contribution in [0.3, 0.4) is 0 Å². The molecule has 10 heteroatoms. The molecule has 0 aliphatic heterocycles. The zero-order valence-corrected chi connectivity index (χ0v) is 13.2. The van der Waals surface area contributed by atoms with Crippen LogP contribution in [-0.2, 0) is 0 Å². The van der Waals surface area contributed by atoms with Gasteiger partial charge in [0.25, 0.3) is 5.69 Å². The molecular weight excluding hydrogens is 322 g/mol. The van der Waals surface area contributed by atoms with Crippen LogP contribution >= 0.6 is 11.6 Å². The quantitative estimate of drug-likeness (QED) is 0.381. The van der Waals surface area contributed by atoms with Crippen molar-refractivity contribution in [3.63, 3.8) is 0 Å². The molecule has 1 aromatic carbocycles. The summed E-state index contributed by atoms with van der Waals surface area (Å²) in [6, 6.07) is 6.02. The summed E-state index contributed by atoms with van der Waals surface area (Å²) in [5.41, 5.74) is 0.458. The second kappa shape index (κ2) is 8.20. The molecule has 0 spiro atoms. The Morgan fingerprint density at radius 1 is 1.22 bits per heavy atom. The van der Waals surface area contributed by atoms with E-state index in [-0.39, 0.29) is 16.9 Å². The number of nitrogens with one attached hydrogen (secondary N) is 3. The van der Waals surface area contributed by atoms with Gasteiger partial charge in [-0.15, -0.1) is 0 Å². The lowest BCUT2D eigenvalue weighted by atomic mass is 10.3. The summed E-state index contributed by atoms with van der Waals surface area (Å²) in [5, 5.41) is 19.9. The van der Waals surface area contributed by atoms with Crippen molar-refractivity contribution in [2.45, 2.75) is 6.92 Å². The molecule has 0 amide bonds. The van der Waals surface area contributed by atoms with Crippen molar-refractivity contribution >= 4 is 34.9 Å². The van der Waals surface area contributed by atoms with Crippen LogP contribution in [0.4, 0.5) is 23.3 Å². The molecule has 2 aromatic rings. The standard InChI is InChI=1S/C13H16ClN7O2/c1-2-15-6-7-16-12-18-11(14)19-13(20-12)17-9-4-3-5-10(8-9)21(22)23/h3-5,8,15H,2,6-7H2,1H3,(H2,16,17,18,19,20). The van der Waals surface area contributed by atoms with Gasteiger partial charge in [0.05, 0.1) is 4.92 Å². The van der Waals surface area contributed by atoms with Crippen molar-refractivity contribution in [2.75, 3.05) is 30.3 Å². The molecule has 0 aliphatic carbocycles. The van der Waals surface area contributed by atoms with Crippen molar-refractivity contribution < 1.29 is 4.92 Å². The Balaban J connectivity index is 2.09. The van der Waals surface area contributed by atoms with Gasteiger partial charge in [0.15, 0.2) is 0 Å². The molecule has 1 aromatic heterocycles. The summed E-state index contributed by atoms with van der Waals surface area (Å²) in [6.07, 6.45) is 0. The zero-order valence-electron chi connectivity index (χ0n) is 12.4. The molecule has 0 saturated heterocycles. The number of nitrogens with zero attached hydrogens (tertiary/aromatic N) is 4. The van der Waals surface area contributed by atoms with Crippen LogP contribution in [-0.4, -0.2) is 39.5 Å². The maximum absolute atomic E-state index is 10.8. The molecule has 23 heavy (non-hydrogen) atoms. The predicted octanol–water partition coefficient (Wildman–Crippen LogP) is 2.20.